The van der Waals surface area contributed by atoms with Crippen molar-refractivity contribution in [1.29, 1.82) is 0 Å². The summed E-state index contributed by atoms with van der Waals surface area (Å²) < 4.78 is 5.31. The van der Waals surface area contributed by atoms with E-state index >= 15 is 0 Å². The fraction of sp³-hybridized carbons (Fsp3) is 0.538. The van der Waals surface area contributed by atoms with E-state index in [0.29, 0.717) is 5.41 Å². The lowest BCUT2D eigenvalue weighted by molar-refractivity contribution is 0.415. The van der Waals surface area contributed by atoms with E-state index in [4.69, 9.17) is 16.3 Å². The first kappa shape index (κ1) is 12.5. The monoisotopic (exact) mass is 254 g/mol. The molecule has 0 aliphatic heterocycles. The van der Waals surface area contributed by atoms with Crippen LogP contribution in [0.15, 0.2) is 18.2 Å². The van der Waals surface area contributed by atoms with Crippen LogP contribution in [0.25, 0.3) is 0 Å². The minimum atomic E-state index is 0.419. The standard InChI is InChI=1S/C13H19ClN2O/c1-15-8-13(5-6-13)9-16-11-7-10(14)3-4-12(11)17-2/h3-4,7,15-16H,5-6,8-9H2,1-2H3. The van der Waals surface area contributed by atoms with Crippen molar-refractivity contribution < 1.29 is 4.74 Å². The SMILES string of the molecule is CNCC1(CNc2cc(Cl)ccc2OC)CC1. The van der Waals surface area contributed by atoms with E-state index in [1.165, 1.54) is 12.8 Å². The molecule has 1 fully saturated rings. The van der Waals surface area contributed by atoms with Crippen LogP contribution in [-0.4, -0.2) is 27.2 Å². The lowest BCUT2D eigenvalue weighted by Gasteiger charge is -2.18. The van der Waals surface area contributed by atoms with Gasteiger partial charge in [-0.05, 0) is 38.1 Å². The number of ether oxygens (including phenoxy) is 1. The first-order valence-corrected chi connectivity index (χ1v) is 6.29. The first-order chi connectivity index (χ1) is 8.19. The van der Waals surface area contributed by atoms with Gasteiger partial charge in [-0.2, -0.15) is 0 Å². The number of methoxy groups -OCH3 is 1. The normalized spacial score (nSPS) is 16.6. The molecular weight excluding hydrogens is 236 g/mol. The molecule has 0 unspecified atom stereocenters. The molecule has 0 saturated heterocycles. The van der Waals surface area contributed by atoms with Crippen molar-refractivity contribution in [2.24, 2.45) is 5.41 Å². The third-order valence-electron chi connectivity index (χ3n) is 3.32. The summed E-state index contributed by atoms with van der Waals surface area (Å²) in [5.74, 6) is 0.842. The van der Waals surface area contributed by atoms with Crippen LogP contribution in [0.1, 0.15) is 12.8 Å². The molecule has 17 heavy (non-hydrogen) atoms. The van der Waals surface area contributed by atoms with Gasteiger partial charge in [-0.25, -0.2) is 0 Å². The molecule has 1 aliphatic carbocycles. The molecule has 0 bridgehead atoms. The number of halogens is 1. The van der Waals surface area contributed by atoms with Gasteiger partial charge in [0.1, 0.15) is 5.75 Å². The fourth-order valence-corrected chi connectivity index (χ4v) is 2.24. The van der Waals surface area contributed by atoms with E-state index in [9.17, 15) is 0 Å². The van der Waals surface area contributed by atoms with Crippen LogP contribution < -0.4 is 15.4 Å². The van der Waals surface area contributed by atoms with Crippen LogP contribution in [0.3, 0.4) is 0 Å². The lowest BCUT2D eigenvalue weighted by Crippen LogP contribution is -2.26. The Morgan fingerprint density at radius 1 is 1.35 bits per heavy atom. The topological polar surface area (TPSA) is 33.3 Å². The predicted octanol–water partition coefficient (Wildman–Crippen LogP) is 2.76. The summed E-state index contributed by atoms with van der Waals surface area (Å²) in [5.41, 5.74) is 1.39. The highest BCUT2D eigenvalue weighted by Crippen LogP contribution is 2.45. The number of nitrogens with one attached hydrogen (secondary N) is 2. The Bertz CT molecular complexity index is 391. The highest BCUT2D eigenvalue weighted by molar-refractivity contribution is 6.30. The minimum Gasteiger partial charge on any atom is -0.495 e. The van der Waals surface area contributed by atoms with E-state index in [0.717, 1.165) is 29.5 Å². The third-order valence-corrected chi connectivity index (χ3v) is 3.56. The Morgan fingerprint density at radius 2 is 2.12 bits per heavy atom. The van der Waals surface area contributed by atoms with Crippen LogP contribution in [-0.2, 0) is 0 Å². The van der Waals surface area contributed by atoms with Crippen LogP contribution in [0.5, 0.6) is 5.75 Å². The van der Waals surface area contributed by atoms with E-state index in [1.807, 2.05) is 25.2 Å². The van der Waals surface area contributed by atoms with Gasteiger partial charge < -0.3 is 15.4 Å². The van der Waals surface area contributed by atoms with E-state index < -0.39 is 0 Å². The van der Waals surface area contributed by atoms with Crippen LogP contribution >= 0.6 is 11.6 Å². The molecule has 4 heteroatoms. The molecule has 3 nitrogen and oxygen atoms in total. The van der Waals surface area contributed by atoms with Gasteiger partial charge >= 0.3 is 0 Å². The second-order valence-electron chi connectivity index (χ2n) is 4.73. The zero-order valence-corrected chi connectivity index (χ0v) is 11.1. The van der Waals surface area contributed by atoms with Crippen molar-refractivity contribution in [2.75, 3.05) is 32.6 Å². The number of rotatable bonds is 6. The van der Waals surface area contributed by atoms with Crippen LogP contribution in [0.2, 0.25) is 5.02 Å². The maximum Gasteiger partial charge on any atom is 0.142 e. The Balaban J connectivity index is 2.01. The summed E-state index contributed by atoms with van der Waals surface area (Å²) in [4.78, 5) is 0. The van der Waals surface area contributed by atoms with Gasteiger partial charge in [0, 0.05) is 23.5 Å². The maximum absolute atomic E-state index is 5.99. The van der Waals surface area contributed by atoms with Gasteiger partial charge in [-0.3, -0.25) is 0 Å². The van der Waals surface area contributed by atoms with Crippen molar-refractivity contribution in [3.05, 3.63) is 23.2 Å². The van der Waals surface area contributed by atoms with Gasteiger partial charge in [0.05, 0.1) is 12.8 Å². The molecule has 0 heterocycles. The average Bonchev–Trinajstić information content (AvgIpc) is 3.08. The summed E-state index contributed by atoms with van der Waals surface area (Å²) in [7, 11) is 3.68. The zero-order valence-electron chi connectivity index (χ0n) is 10.3. The lowest BCUT2D eigenvalue weighted by atomic mass is 10.1. The molecular formula is C13H19ClN2O. The van der Waals surface area contributed by atoms with Crippen molar-refractivity contribution in [1.82, 2.24) is 5.32 Å². The second kappa shape index (κ2) is 5.15. The van der Waals surface area contributed by atoms with E-state index in [-0.39, 0.29) is 0 Å². The molecule has 2 rings (SSSR count). The quantitative estimate of drug-likeness (QED) is 0.819. The Kier molecular flexibility index (Phi) is 3.79. The smallest absolute Gasteiger partial charge is 0.142 e. The third kappa shape index (κ3) is 3.05. The second-order valence-corrected chi connectivity index (χ2v) is 5.16. The molecule has 0 atom stereocenters. The molecule has 0 amide bonds. The largest absolute Gasteiger partial charge is 0.495 e. The minimum absolute atomic E-state index is 0.419. The van der Waals surface area contributed by atoms with Crippen molar-refractivity contribution in [2.45, 2.75) is 12.8 Å². The first-order valence-electron chi connectivity index (χ1n) is 5.91. The van der Waals surface area contributed by atoms with Crippen LogP contribution in [0, 0.1) is 5.41 Å². The predicted molar refractivity (Wildman–Crippen MR) is 72.1 cm³/mol. The summed E-state index contributed by atoms with van der Waals surface area (Å²) in [6.07, 6.45) is 2.56. The maximum atomic E-state index is 5.99. The van der Waals surface area contributed by atoms with Gasteiger partial charge in [-0.1, -0.05) is 11.6 Å². The van der Waals surface area contributed by atoms with Gasteiger partial charge in [0.2, 0.25) is 0 Å². The summed E-state index contributed by atoms with van der Waals surface area (Å²) in [6, 6.07) is 5.64. The summed E-state index contributed by atoms with van der Waals surface area (Å²) in [6.45, 7) is 2.02. The van der Waals surface area contributed by atoms with E-state index in [1.54, 1.807) is 7.11 Å². The molecule has 0 aromatic heterocycles. The molecule has 2 N–H and O–H groups in total. The van der Waals surface area contributed by atoms with Crippen molar-refractivity contribution in [3.8, 4) is 5.75 Å². The van der Waals surface area contributed by atoms with Gasteiger partial charge in [0.15, 0.2) is 0 Å². The molecule has 1 saturated carbocycles. The number of anilines is 1. The highest BCUT2D eigenvalue weighted by Gasteiger charge is 2.41. The number of hydrogen-bond donors (Lipinski definition) is 2. The van der Waals surface area contributed by atoms with Crippen molar-refractivity contribution >= 4 is 17.3 Å². The summed E-state index contributed by atoms with van der Waals surface area (Å²) in [5, 5.41) is 7.42. The molecule has 0 radical (unpaired) electrons. The molecule has 94 valence electrons. The van der Waals surface area contributed by atoms with Gasteiger partial charge in [-0.15, -0.1) is 0 Å². The zero-order chi connectivity index (χ0) is 12.3. The Hall–Kier alpha value is -0.930. The Morgan fingerprint density at radius 3 is 2.71 bits per heavy atom. The number of benzene rings is 1. The summed E-state index contributed by atoms with van der Waals surface area (Å²) >= 11 is 5.99. The molecule has 1 aromatic rings. The fourth-order valence-electron chi connectivity index (χ4n) is 2.07. The molecule has 0 spiro atoms. The Labute approximate surface area is 107 Å². The average molecular weight is 255 g/mol. The number of hydrogen-bond acceptors (Lipinski definition) is 3. The molecule has 1 aromatic carbocycles. The van der Waals surface area contributed by atoms with E-state index in [2.05, 4.69) is 10.6 Å². The highest BCUT2D eigenvalue weighted by atomic mass is 35.5. The van der Waals surface area contributed by atoms with Crippen LogP contribution in [0.4, 0.5) is 5.69 Å². The van der Waals surface area contributed by atoms with Crippen molar-refractivity contribution in [3.63, 3.8) is 0 Å². The van der Waals surface area contributed by atoms with Gasteiger partial charge in [0.25, 0.3) is 0 Å². The molecule has 1 aliphatic rings.